The molecule has 1 nitrogen and oxygen atoms in total. The van der Waals surface area contributed by atoms with E-state index in [1.807, 2.05) is 0 Å². The Balaban J connectivity index is 0. The van der Waals surface area contributed by atoms with Crippen molar-refractivity contribution in [1.29, 1.82) is 5.26 Å². The van der Waals surface area contributed by atoms with E-state index in [0.29, 0.717) is 0 Å². The fraction of sp³-hybridized carbons (Fsp3) is 0. The van der Waals surface area contributed by atoms with Crippen molar-refractivity contribution in [3.05, 3.63) is 12.7 Å². The second-order valence-corrected chi connectivity index (χ2v) is 0.333. The van der Waals surface area contributed by atoms with E-state index in [9.17, 15) is 0 Å². The van der Waals surface area contributed by atoms with Gasteiger partial charge in [0.1, 0.15) is 0 Å². The van der Waals surface area contributed by atoms with E-state index >= 15 is 0 Å². The molecule has 0 bridgehead atoms. The van der Waals surface area contributed by atoms with Crippen LogP contribution in [-0.2, 0) is 0 Å². The second-order valence-electron chi connectivity index (χ2n) is 0.333. The molecular weight excluding hydrogens is 73.0 g/mol. The molecule has 0 saturated heterocycles. The third-order valence-electron chi connectivity index (χ3n) is 0.0913. The Hall–Kier alpha value is 0.230. The van der Waals surface area contributed by atoms with Gasteiger partial charge < -0.3 is 0 Å². The van der Waals surface area contributed by atoms with Crippen LogP contribution in [0.25, 0.3) is 0 Å². The zero-order valence-electron chi connectivity index (χ0n) is 3.23. The van der Waals surface area contributed by atoms with Gasteiger partial charge >= 0.3 is 29.6 Å². The maximum absolute atomic E-state index is 7.51. The molecule has 0 aromatic carbocycles. The van der Waals surface area contributed by atoms with Crippen molar-refractivity contribution in [2.24, 2.45) is 0 Å². The average molecular weight is 76.1 g/mol. The Morgan fingerprint density at radius 3 is 2.00 bits per heavy atom. The van der Waals surface area contributed by atoms with E-state index in [2.05, 4.69) is 6.58 Å². The standard InChI is InChI=1S/C3H3N.Na/c1-2-3-4;/h2H,1H2;/q;+1. The normalized spacial score (nSPS) is 3.00. The van der Waals surface area contributed by atoms with Crippen molar-refractivity contribution < 1.29 is 29.6 Å². The Morgan fingerprint density at radius 2 is 2.00 bits per heavy atom. The molecule has 20 valence electrons. The summed E-state index contributed by atoms with van der Waals surface area (Å²) in [6.07, 6.45) is 1.18. The molecule has 0 aromatic rings. The largest absolute Gasteiger partial charge is 1.00 e. The van der Waals surface area contributed by atoms with Gasteiger partial charge in [-0.3, -0.25) is 0 Å². The monoisotopic (exact) mass is 76.0 g/mol. The third-order valence-corrected chi connectivity index (χ3v) is 0.0913. The minimum atomic E-state index is 0. The molecule has 0 saturated carbocycles. The summed E-state index contributed by atoms with van der Waals surface area (Å²) in [4.78, 5) is 0. The first-order chi connectivity index (χ1) is 1.91. The first-order valence-corrected chi connectivity index (χ1v) is 0.921. The quantitative estimate of drug-likeness (QED) is 0.235. The molecule has 5 heavy (non-hydrogen) atoms. The number of nitriles is 1. The zero-order valence-corrected chi connectivity index (χ0v) is 5.23. The van der Waals surface area contributed by atoms with Crippen LogP contribution in [-0.4, -0.2) is 0 Å². The molecule has 0 atom stereocenters. The van der Waals surface area contributed by atoms with Crippen molar-refractivity contribution in [3.63, 3.8) is 0 Å². The van der Waals surface area contributed by atoms with Crippen molar-refractivity contribution in [2.75, 3.05) is 0 Å². The SMILES string of the molecule is C=CC#N.[Na+]. The van der Waals surface area contributed by atoms with Crippen molar-refractivity contribution in [1.82, 2.24) is 0 Å². The van der Waals surface area contributed by atoms with Crippen molar-refractivity contribution in [3.8, 4) is 6.07 Å². The number of rotatable bonds is 0. The predicted molar refractivity (Wildman–Crippen MR) is 15.8 cm³/mol. The molecule has 0 amide bonds. The molecule has 0 unspecified atom stereocenters. The Morgan fingerprint density at radius 1 is 1.80 bits per heavy atom. The van der Waals surface area contributed by atoms with E-state index in [1.54, 1.807) is 6.07 Å². The van der Waals surface area contributed by atoms with Crippen LogP contribution in [0.4, 0.5) is 0 Å². The van der Waals surface area contributed by atoms with Gasteiger partial charge in [0.05, 0.1) is 6.07 Å². The van der Waals surface area contributed by atoms with Gasteiger partial charge in [0.25, 0.3) is 0 Å². The van der Waals surface area contributed by atoms with Gasteiger partial charge in [0.15, 0.2) is 0 Å². The third kappa shape index (κ3) is 13.9. The van der Waals surface area contributed by atoms with Gasteiger partial charge in [-0.1, -0.05) is 6.58 Å². The van der Waals surface area contributed by atoms with Crippen molar-refractivity contribution >= 4 is 0 Å². The maximum Gasteiger partial charge on any atom is 1.00 e. The molecule has 0 heterocycles. The maximum atomic E-state index is 7.51. The van der Waals surface area contributed by atoms with Crippen LogP contribution in [0.1, 0.15) is 0 Å². The van der Waals surface area contributed by atoms with Crippen LogP contribution in [0.3, 0.4) is 0 Å². The smallest absolute Gasteiger partial charge is 0.193 e. The van der Waals surface area contributed by atoms with Crippen LogP contribution in [0.5, 0.6) is 0 Å². The summed E-state index contributed by atoms with van der Waals surface area (Å²) in [7, 11) is 0. The van der Waals surface area contributed by atoms with Crippen LogP contribution in [0.15, 0.2) is 12.7 Å². The van der Waals surface area contributed by atoms with Gasteiger partial charge in [0, 0.05) is 6.08 Å². The molecule has 0 rings (SSSR count). The van der Waals surface area contributed by atoms with Crippen molar-refractivity contribution in [2.45, 2.75) is 0 Å². The van der Waals surface area contributed by atoms with E-state index in [1.165, 1.54) is 6.08 Å². The molecule has 0 aliphatic rings. The van der Waals surface area contributed by atoms with Gasteiger partial charge in [-0.15, -0.1) is 0 Å². The van der Waals surface area contributed by atoms with E-state index in [-0.39, 0.29) is 29.6 Å². The van der Waals surface area contributed by atoms with Gasteiger partial charge in [0.2, 0.25) is 0 Å². The summed E-state index contributed by atoms with van der Waals surface area (Å²) in [5, 5.41) is 7.51. The summed E-state index contributed by atoms with van der Waals surface area (Å²) in [6, 6.07) is 1.69. The number of hydrogen-bond acceptors (Lipinski definition) is 1. The summed E-state index contributed by atoms with van der Waals surface area (Å²) >= 11 is 0. The Labute approximate surface area is 53.6 Å². The predicted octanol–water partition coefficient (Wildman–Crippen LogP) is -2.30. The van der Waals surface area contributed by atoms with Gasteiger partial charge in [-0.25, -0.2) is 0 Å². The average Bonchev–Trinajstić information content (AvgIpc) is 1.37. The van der Waals surface area contributed by atoms with Gasteiger partial charge in [-0.2, -0.15) is 5.26 Å². The molecule has 0 fully saturated rings. The minimum absolute atomic E-state index is 0. The fourth-order valence-electron chi connectivity index (χ4n) is 0. The van der Waals surface area contributed by atoms with Crippen LogP contribution in [0.2, 0.25) is 0 Å². The van der Waals surface area contributed by atoms with E-state index in [0.717, 1.165) is 0 Å². The van der Waals surface area contributed by atoms with E-state index in [4.69, 9.17) is 5.26 Å². The number of hydrogen-bond donors (Lipinski definition) is 0. The molecule has 0 aliphatic heterocycles. The second kappa shape index (κ2) is 8.87. The summed E-state index contributed by atoms with van der Waals surface area (Å²) in [5.74, 6) is 0. The number of allylic oxidation sites excluding steroid dienone is 1. The molecule has 0 N–H and O–H groups in total. The number of nitrogens with zero attached hydrogens (tertiary/aromatic N) is 1. The fourth-order valence-corrected chi connectivity index (χ4v) is 0. The van der Waals surface area contributed by atoms with Crippen LogP contribution in [0, 0.1) is 11.3 Å². The minimum Gasteiger partial charge on any atom is -0.193 e. The molecule has 0 spiro atoms. The van der Waals surface area contributed by atoms with Crippen LogP contribution < -0.4 is 29.6 Å². The topological polar surface area (TPSA) is 23.8 Å². The van der Waals surface area contributed by atoms with Gasteiger partial charge in [-0.05, 0) is 0 Å². The Kier molecular flexibility index (Phi) is 15.9. The summed E-state index contributed by atoms with van der Waals surface area (Å²) in [6.45, 7) is 3.12. The van der Waals surface area contributed by atoms with E-state index < -0.39 is 0 Å². The molecular formula is C3H3NNa+. The summed E-state index contributed by atoms with van der Waals surface area (Å²) in [5.41, 5.74) is 0. The summed E-state index contributed by atoms with van der Waals surface area (Å²) < 4.78 is 0. The van der Waals surface area contributed by atoms with Crippen LogP contribution >= 0.6 is 0 Å². The molecule has 2 heteroatoms. The molecule has 0 aliphatic carbocycles. The zero-order chi connectivity index (χ0) is 3.41. The Bertz CT molecular complexity index is 52.4. The molecule has 0 radical (unpaired) electrons. The first-order valence-electron chi connectivity index (χ1n) is 0.921. The first kappa shape index (κ1) is 8.97. The molecule has 0 aromatic heterocycles.